The van der Waals surface area contributed by atoms with Gasteiger partial charge in [-0.2, -0.15) is 0 Å². The lowest BCUT2D eigenvalue weighted by Gasteiger charge is -2.59. The van der Waals surface area contributed by atoms with E-state index in [0.717, 1.165) is 31.3 Å². The molecule has 3 heteroatoms. The minimum Gasteiger partial charge on any atom is -0.458 e. The second-order valence-electron chi connectivity index (χ2n) is 13.5. The van der Waals surface area contributed by atoms with E-state index in [-0.39, 0.29) is 45.1 Å². The molecule has 0 radical (unpaired) electrons. The van der Waals surface area contributed by atoms with Crippen LogP contribution < -0.4 is 0 Å². The number of hydrogen-bond acceptors (Lipinski definition) is 3. The van der Waals surface area contributed by atoms with Gasteiger partial charge in [0.1, 0.15) is 6.10 Å². The summed E-state index contributed by atoms with van der Waals surface area (Å²) in [6.07, 6.45) is 16.9. The first-order valence-corrected chi connectivity index (χ1v) is 13.2. The lowest BCUT2D eigenvalue weighted by atomic mass is 9.44. The van der Waals surface area contributed by atoms with Crippen LogP contribution in [0.3, 0.4) is 0 Å². The van der Waals surface area contributed by atoms with E-state index in [9.17, 15) is 9.59 Å². The van der Waals surface area contributed by atoms with Crippen molar-refractivity contribution in [2.24, 2.45) is 50.7 Å². The first kappa shape index (κ1) is 21.9. The number of fused-ring (bicyclic) bond motifs is 2. The SMILES string of the molecule is C=C(C)[C@H]1CC[C@H]([C@H]2CC[C@@]3(C)[C@@H]4CC[C@H]5C(C)(C)C(=O)C=C[C@@]56C[C@@]46C=C[C@]23C)C(=O)O1. The van der Waals surface area contributed by atoms with Crippen LogP contribution >= 0.6 is 0 Å². The van der Waals surface area contributed by atoms with E-state index in [2.05, 4.69) is 52.5 Å². The molecule has 2 spiro atoms. The summed E-state index contributed by atoms with van der Waals surface area (Å²) in [6.45, 7) is 15.3. The third-order valence-electron chi connectivity index (χ3n) is 12.2. The van der Waals surface area contributed by atoms with Crippen LogP contribution in [0.25, 0.3) is 0 Å². The van der Waals surface area contributed by atoms with Crippen LogP contribution in [0.5, 0.6) is 0 Å². The number of ketones is 1. The Labute approximate surface area is 199 Å². The van der Waals surface area contributed by atoms with Crippen molar-refractivity contribution in [3.8, 4) is 0 Å². The van der Waals surface area contributed by atoms with Gasteiger partial charge in [-0.15, -0.1) is 0 Å². The topological polar surface area (TPSA) is 43.4 Å². The molecule has 3 saturated carbocycles. The molecule has 4 fully saturated rings. The minimum atomic E-state index is -0.261. The Bertz CT molecular complexity index is 1020. The van der Waals surface area contributed by atoms with E-state index >= 15 is 0 Å². The summed E-state index contributed by atoms with van der Waals surface area (Å²) in [5.41, 5.74) is 1.26. The first-order valence-electron chi connectivity index (χ1n) is 13.2. The second-order valence-corrected chi connectivity index (χ2v) is 13.5. The number of carbonyl (C=O) groups is 2. The molecule has 3 nitrogen and oxygen atoms in total. The molecule has 5 aliphatic carbocycles. The Morgan fingerprint density at radius 2 is 1.64 bits per heavy atom. The van der Waals surface area contributed by atoms with Crippen molar-refractivity contribution in [2.45, 2.75) is 85.7 Å². The largest absolute Gasteiger partial charge is 0.458 e. The number of rotatable bonds is 2. The predicted molar refractivity (Wildman–Crippen MR) is 129 cm³/mol. The van der Waals surface area contributed by atoms with Crippen molar-refractivity contribution in [3.05, 3.63) is 36.5 Å². The van der Waals surface area contributed by atoms with Crippen LogP contribution in [-0.2, 0) is 14.3 Å². The van der Waals surface area contributed by atoms with E-state index in [1.165, 1.54) is 19.3 Å². The van der Waals surface area contributed by atoms with Gasteiger partial charge in [0, 0.05) is 16.2 Å². The molecule has 0 aromatic heterocycles. The van der Waals surface area contributed by atoms with Gasteiger partial charge in [-0.25, -0.2) is 0 Å². The van der Waals surface area contributed by atoms with Gasteiger partial charge < -0.3 is 4.74 Å². The molecule has 1 saturated heterocycles. The number of hydrogen-bond donors (Lipinski definition) is 0. The molecule has 0 aromatic rings. The minimum absolute atomic E-state index is 0.000452. The van der Waals surface area contributed by atoms with E-state index in [1.54, 1.807) is 0 Å². The first-order chi connectivity index (χ1) is 15.4. The standard InChI is InChI=1S/C30H40O3/c1-18(2)21-8-7-19(25(32)33-21)20-11-13-28(6)23-10-9-22-26(3,4)24(31)12-14-29(22)17-30(23,29)16-15-27(20,28)5/h12,14-16,19-23H,1,7-11,13,17H2,2-6H3/t19-,20-,21-,22+,23+,27-,28+,29-,30+/m1/s1. The zero-order chi connectivity index (χ0) is 23.6. The van der Waals surface area contributed by atoms with Crippen molar-refractivity contribution < 1.29 is 14.3 Å². The maximum Gasteiger partial charge on any atom is 0.309 e. The number of ether oxygens (including phenoxy) is 1. The van der Waals surface area contributed by atoms with Gasteiger partial charge in [-0.05, 0) is 92.1 Å². The highest BCUT2D eigenvalue weighted by Crippen LogP contribution is 2.86. The zero-order valence-corrected chi connectivity index (χ0v) is 21.1. The van der Waals surface area contributed by atoms with E-state index in [1.807, 2.05) is 13.0 Å². The molecule has 0 aromatic carbocycles. The van der Waals surface area contributed by atoms with Gasteiger partial charge in [0.05, 0.1) is 5.92 Å². The average molecular weight is 449 g/mol. The van der Waals surface area contributed by atoms with Gasteiger partial charge in [0.15, 0.2) is 5.78 Å². The third kappa shape index (κ3) is 2.38. The van der Waals surface area contributed by atoms with Gasteiger partial charge in [0.2, 0.25) is 0 Å². The molecule has 178 valence electrons. The summed E-state index contributed by atoms with van der Waals surface area (Å²) in [7, 11) is 0. The number of allylic oxidation sites excluding steroid dienone is 4. The fraction of sp³-hybridized carbons (Fsp3) is 0.733. The van der Waals surface area contributed by atoms with E-state index in [0.29, 0.717) is 23.5 Å². The summed E-state index contributed by atoms with van der Waals surface area (Å²) in [4.78, 5) is 25.9. The molecule has 1 aliphatic heterocycles. The third-order valence-corrected chi connectivity index (χ3v) is 12.2. The fourth-order valence-corrected chi connectivity index (χ4v) is 10.0. The highest BCUT2D eigenvalue weighted by molar-refractivity contribution is 5.96. The Hall–Kier alpha value is -1.64. The van der Waals surface area contributed by atoms with Crippen LogP contribution in [-0.4, -0.2) is 17.9 Å². The molecule has 9 atom stereocenters. The lowest BCUT2D eigenvalue weighted by molar-refractivity contribution is -0.163. The molecule has 6 rings (SSSR count). The maximum absolute atomic E-state index is 13.1. The smallest absolute Gasteiger partial charge is 0.309 e. The van der Waals surface area contributed by atoms with Crippen LogP contribution in [0.2, 0.25) is 0 Å². The van der Waals surface area contributed by atoms with Crippen molar-refractivity contribution in [1.29, 1.82) is 0 Å². The Kier molecular flexibility index (Phi) is 4.19. The number of cyclic esters (lactones) is 1. The van der Waals surface area contributed by atoms with Crippen LogP contribution in [0.15, 0.2) is 36.5 Å². The highest BCUT2D eigenvalue weighted by Gasteiger charge is 2.80. The molecule has 0 unspecified atom stereocenters. The van der Waals surface area contributed by atoms with Crippen LogP contribution in [0.4, 0.5) is 0 Å². The van der Waals surface area contributed by atoms with E-state index < -0.39 is 0 Å². The quantitative estimate of drug-likeness (QED) is 0.360. The normalized spacial score (nSPS) is 53.4. The van der Waals surface area contributed by atoms with Crippen LogP contribution in [0.1, 0.15) is 79.6 Å². The van der Waals surface area contributed by atoms with Crippen LogP contribution in [0, 0.1) is 50.7 Å². The number of carbonyl (C=O) groups excluding carboxylic acids is 2. The second kappa shape index (κ2) is 6.32. The predicted octanol–water partition coefficient (Wildman–Crippen LogP) is 6.44. The van der Waals surface area contributed by atoms with Gasteiger partial charge in [-0.1, -0.05) is 52.5 Å². The summed E-state index contributed by atoms with van der Waals surface area (Å²) < 4.78 is 5.86. The van der Waals surface area contributed by atoms with Crippen molar-refractivity contribution in [1.82, 2.24) is 0 Å². The molecule has 33 heavy (non-hydrogen) atoms. The Morgan fingerprint density at radius 1 is 0.939 bits per heavy atom. The van der Waals surface area contributed by atoms with Crippen molar-refractivity contribution in [3.63, 3.8) is 0 Å². The summed E-state index contributed by atoms with van der Waals surface area (Å²) in [5.74, 6) is 1.72. The molecule has 0 bridgehead atoms. The zero-order valence-electron chi connectivity index (χ0n) is 21.1. The summed E-state index contributed by atoms with van der Waals surface area (Å²) in [6, 6.07) is 0. The Balaban J connectivity index is 1.36. The monoisotopic (exact) mass is 448 g/mol. The molecular formula is C30H40O3. The summed E-state index contributed by atoms with van der Waals surface area (Å²) >= 11 is 0. The fourth-order valence-electron chi connectivity index (χ4n) is 10.0. The van der Waals surface area contributed by atoms with Gasteiger partial charge in [0.25, 0.3) is 0 Å². The molecule has 6 aliphatic rings. The molecule has 0 amide bonds. The molecule has 1 heterocycles. The molecule has 0 N–H and O–H groups in total. The summed E-state index contributed by atoms with van der Waals surface area (Å²) in [5, 5.41) is 0. The van der Waals surface area contributed by atoms with Gasteiger partial charge in [-0.3, -0.25) is 9.59 Å². The van der Waals surface area contributed by atoms with E-state index in [4.69, 9.17) is 4.74 Å². The highest BCUT2D eigenvalue weighted by atomic mass is 16.5. The Morgan fingerprint density at radius 3 is 2.33 bits per heavy atom. The maximum atomic E-state index is 13.1. The van der Waals surface area contributed by atoms with Crippen molar-refractivity contribution in [2.75, 3.05) is 0 Å². The lowest BCUT2D eigenvalue weighted by Crippen LogP contribution is -2.54. The van der Waals surface area contributed by atoms with Gasteiger partial charge >= 0.3 is 5.97 Å². The average Bonchev–Trinajstić information content (AvgIpc) is 3.35. The van der Waals surface area contributed by atoms with Crippen molar-refractivity contribution >= 4 is 11.8 Å². The number of esters is 1. The molecular weight excluding hydrogens is 408 g/mol.